The van der Waals surface area contributed by atoms with Gasteiger partial charge in [0.1, 0.15) is 17.6 Å². The predicted octanol–water partition coefficient (Wildman–Crippen LogP) is 4.13. The predicted molar refractivity (Wildman–Crippen MR) is 135 cm³/mol. The molecule has 4 aromatic rings. The molecule has 184 valence electrons. The Labute approximate surface area is 208 Å². The first-order valence-electron chi connectivity index (χ1n) is 10.9. The number of benzene rings is 2. The Morgan fingerprint density at radius 3 is 2.43 bits per heavy atom. The molecule has 0 aliphatic carbocycles. The van der Waals surface area contributed by atoms with Crippen molar-refractivity contribution in [3.8, 4) is 0 Å². The van der Waals surface area contributed by atoms with E-state index in [1.165, 1.54) is 0 Å². The van der Waals surface area contributed by atoms with Gasteiger partial charge in [0.25, 0.3) is 5.91 Å². The third kappa shape index (κ3) is 5.98. The summed E-state index contributed by atoms with van der Waals surface area (Å²) >= 11 is 1.58. The van der Waals surface area contributed by atoms with Gasteiger partial charge >= 0.3 is 0 Å². The van der Waals surface area contributed by atoms with Crippen molar-refractivity contribution in [2.75, 3.05) is 14.1 Å². The summed E-state index contributed by atoms with van der Waals surface area (Å²) in [6, 6.07) is 18.2. The molecule has 2 aromatic heterocycles. The van der Waals surface area contributed by atoms with Gasteiger partial charge in [-0.15, -0.1) is 11.3 Å². The van der Waals surface area contributed by atoms with Gasteiger partial charge in [-0.25, -0.2) is 13.9 Å². The number of carbonyl (C=O) groups excluding carboxylic acids is 1. The molecule has 0 aliphatic rings. The van der Waals surface area contributed by atoms with E-state index in [0.29, 0.717) is 29.2 Å². The standard InChI is InChI=1S/C25H27N3O5S2/c1-27(2)15-21-9-10-22(33-21)16-28(24(25(29)26-30)19-6-4-3-5-7-19)35(31,32)17-18-8-11-23-20(14-18)12-13-34-23/h3-14,24,30H,15-17H2,1-2H3,(H,26,29)/t24-/m0/s1. The van der Waals surface area contributed by atoms with Crippen LogP contribution in [0.25, 0.3) is 10.1 Å². The summed E-state index contributed by atoms with van der Waals surface area (Å²) in [6.45, 7) is 0.371. The average Bonchev–Trinajstić information content (AvgIpc) is 3.47. The smallest absolute Gasteiger partial charge is 0.266 e. The van der Waals surface area contributed by atoms with Crippen LogP contribution in [0.4, 0.5) is 0 Å². The number of thiophene rings is 1. The van der Waals surface area contributed by atoms with Crippen molar-refractivity contribution < 1.29 is 22.8 Å². The van der Waals surface area contributed by atoms with E-state index in [2.05, 4.69) is 0 Å². The third-order valence-corrected chi connectivity index (χ3v) is 8.14. The highest BCUT2D eigenvalue weighted by molar-refractivity contribution is 7.88. The molecule has 1 atom stereocenters. The summed E-state index contributed by atoms with van der Waals surface area (Å²) in [5.41, 5.74) is 2.67. The fourth-order valence-corrected chi connectivity index (χ4v) is 6.35. The van der Waals surface area contributed by atoms with Crippen molar-refractivity contribution in [3.63, 3.8) is 0 Å². The Bertz CT molecular complexity index is 1400. The number of nitrogens with one attached hydrogen (secondary N) is 1. The number of sulfonamides is 1. The Morgan fingerprint density at radius 2 is 1.74 bits per heavy atom. The van der Waals surface area contributed by atoms with Gasteiger partial charge in [0, 0.05) is 4.70 Å². The first kappa shape index (κ1) is 25.1. The van der Waals surface area contributed by atoms with Gasteiger partial charge in [0.15, 0.2) is 0 Å². The van der Waals surface area contributed by atoms with Crippen LogP contribution in [-0.4, -0.2) is 42.8 Å². The molecular weight excluding hydrogens is 486 g/mol. The SMILES string of the molecule is CN(C)Cc1ccc(CN([C@H](C(=O)NO)c2ccccc2)S(=O)(=O)Cc2ccc3sccc3c2)o1. The zero-order chi connectivity index (χ0) is 25.0. The fourth-order valence-electron chi connectivity index (χ4n) is 3.95. The van der Waals surface area contributed by atoms with E-state index in [-0.39, 0.29) is 12.3 Å². The highest BCUT2D eigenvalue weighted by atomic mass is 32.2. The van der Waals surface area contributed by atoms with Gasteiger partial charge < -0.3 is 9.32 Å². The van der Waals surface area contributed by atoms with Crippen LogP contribution in [0.3, 0.4) is 0 Å². The summed E-state index contributed by atoms with van der Waals surface area (Å²) in [5, 5.41) is 12.4. The molecular formula is C25H27N3O5S2. The van der Waals surface area contributed by atoms with Crippen molar-refractivity contribution in [2.24, 2.45) is 0 Å². The Balaban J connectivity index is 1.74. The quantitative estimate of drug-likeness (QED) is 0.244. The summed E-state index contributed by atoms with van der Waals surface area (Å²) in [7, 11) is -0.241. The molecule has 0 unspecified atom stereocenters. The van der Waals surface area contributed by atoms with Crippen LogP contribution in [0.5, 0.6) is 0 Å². The van der Waals surface area contributed by atoms with Gasteiger partial charge in [0.2, 0.25) is 10.0 Å². The molecule has 0 radical (unpaired) electrons. The molecule has 8 nitrogen and oxygen atoms in total. The largest absolute Gasteiger partial charge is 0.463 e. The van der Waals surface area contributed by atoms with Crippen LogP contribution in [0, 0.1) is 0 Å². The highest BCUT2D eigenvalue weighted by Gasteiger charge is 2.37. The average molecular weight is 514 g/mol. The molecule has 2 aromatic carbocycles. The first-order chi connectivity index (χ1) is 16.8. The minimum absolute atomic E-state index is 0.177. The molecule has 2 heterocycles. The van der Waals surface area contributed by atoms with E-state index in [1.54, 1.807) is 65.3 Å². The Hall–Kier alpha value is -3.02. The zero-order valence-corrected chi connectivity index (χ0v) is 21.1. The molecule has 0 saturated carbocycles. The lowest BCUT2D eigenvalue weighted by Gasteiger charge is -2.29. The minimum atomic E-state index is -4.05. The zero-order valence-electron chi connectivity index (χ0n) is 19.4. The van der Waals surface area contributed by atoms with Gasteiger partial charge in [-0.2, -0.15) is 4.31 Å². The number of nitrogens with zero attached hydrogens (tertiary/aromatic N) is 2. The van der Waals surface area contributed by atoms with Crippen LogP contribution < -0.4 is 5.48 Å². The second-order valence-corrected chi connectivity index (χ2v) is 11.4. The topological polar surface area (TPSA) is 103 Å². The van der Waals surface area contributed by atoms with Crippen LogP contribution in [0.15, 0.2) is 76.5 Å². The van der Waals surface area contributed by atoms with Crippen molar-refractivity contribution in [1.82, 2.24) is 14.7 Å². The number of hydrogen-bond donors (Lipinski definition) is 2. The molecule has 2 N–H and O–H groups in total. The lowest BCUT2D eigenvalue weighted by molar-refractivity contribution is -0.133. The summed E-state index contributed by atoms with van der Waals surface area (Å²) < 4.78 is 35.7. The monoisotopic (exact) mass is 513 g/mol. The number of rotatable bonds is 10. The molecule has 4 rings (SSSR count). The maximum absolute atomic E-state index is 13.8. The highest BCUT2D eigenvalue weighted by Crippen LogP contribution is 2.30. The lowest BCUT2D eigenvalue weighted by Crippen LogP contribution is -2.43. The van der Waals surface area contributed by atoms with Gasteiger partial charge in [-0.3, -0.25) is 10.0 Å². The van der Waals surface area contributed by atoms with Crippen LogP contribution in [0.2, 0.25) is 0 Å². The third-order valence-electron chi connectivity index (χ3n) is 5.49. The van der Waals surface area contributed by atoms with E-state index in [0.717, 1.165) is 14.4 Å². The van der Waals surface area contributed by atoms with E-state index in [4.69, 9.17) is 4.42 Å². The maximum atomic E-state index is 13.8. The number of furan rings is 1. The molecule has 0 aliphatic heterocycles. The lowest BCUT2D eigenvalue weighted by atomic mass is 10.1. The van der Waals surface area contributed by atoms with Crippen LogP contribution >= 0.6 is 11.3 Å². The number of fused-ring (bicyclic) bond motifs is 1. The number of amides is 1. The fraction of sp³-hybridized carbons (Fsp3) is 0.240. The van der Waals surface area contributed by atoms with E-state index in [1.807, 2.05) is 42.6 Å². The molecule has 10 heteroatoms. The summed E-state index contributed by atoms with van der Waals surface area (Å²) in [4.78, 5) is 14.8. The maximum Gasteiger partial charge on any atom is 0.266 e. The minimum Gasteiger partial charge on any atom is -0.463 e. The molecule has 35 heavy (non-hydrogen) atoms. The molecule has 0 fully saturated rings. The summed E-state index contributed by atoms with van der Waals surface area (Å²) in [6.07, 6.45) is 0. The van der Waals surface area contributed by atoms with Gasteiger partial charge in [-0.1, -0.05) is 36.4 Å². The molecule has 1 amide bonds. The number of carbonyl (C=O) groups is 1. The number of hydrogen-bond acceptors (Lipinski definition) is 7. The number of hydroxylamine groups is 1. The van der Waals surface area contributed by atoms with Crippen molar-refractivity contribution in [3.05, 3.63) is 94.8 Å². The Morgan fingerprint density at radius 1 is 1.03 bits per heavy atom. The molecule has 0 spiro atoms. The van der Waals surface area contributed by atoms with Gasteiger partial charge in [-0.05, 0) is 66.3 Å². The van der Waals surface area contributed by atoms with Crippen molar-refractivity contribution in [2.45, 2.75) is 24.9 Å². The van der Waals surface area contributed by atoms with E-state index in [9.17, 15) is 18.4 Å². The normalized spacial score (nSPS) is 12.9. The second-order valence-electron chi connectivity index (χ2n) is 8.49. The van der Waals surface area contributed by atoms with Crippen LogP contribution in [-0.2, 0) is 33.7 Å². The van der Waals surface area contributed by atoms with Crippen molar-refractivity contribution >= 4 is 37.4 Å². The van der Waals surface area contributed by atoms with Gasteiger partial charge in [0.05, 0.1) is 18.8 Å². The van der Waals surface area contributed by atoms with E-state index < -0.39 is 22.0 Å². The first-order valence-corrected chi connectivity index (χ1v) is 13.4. The molecule has 0 saturated heterocycles. The Kier molecular flexibility index (Phi) is 7.68. The van der Waals surface area contributed by atoms with Crippen molar-refractivity contribution in [1.29, 1.82) is 0 Å². The van der Waals surface area contributed by atoms with E-state index >= 15 is 0 Å². The second kappa shape index (κ2) is 10.7. The summed E-state index contributed by atoms with van der Waals surface area (Å²) in [5.74, 6) is -0.0989. The molecule has 0 bridgehead atoms. The van der Waals surface area contributed by atoms with Crippen LogP contribution in [0.1, 0.15) is 28.7 Å².